The summed E-state index contributed by atoms with van der Waals surface area (Å²) < 4.78 is 11.6. The smallest absolute Gasteiger partial charge is 0.315 e. The first-order valence-corrected chi connectivity index (χ1v) is 8.40. The van der Waals surface area contributed by atoms with E-state index in [-0.39, 0.29) is 17.5 Å². The summed E-state index contributed by atoms with van der Waals surface area (Å²) in [4.78, 5) is 12.8. The number of hydrogen-bond acceptors (Lipinski definition) is 3. The van der Waals surface area contributed by atoms with Gasteiger partial charge in [0.05, 0.1) is 18.1 Å². The van der Waals surface area contributed by atoms with Gasteiger partial charge in [0.15, 0.2) is 0 Å². The topological polar surface area (TPSA) is 35.5 Å². The molecule has 2 saturated carbocycles. The quantitative estimate of drug-likeness (QED) is 0.692. The first-order chi connectivity index (χ1) is 9.61. The average Bonchev–Trinajstić information content (AvgIpc) is 3.05. The zero-order valence-corrected chi connectivity index (χ0v) is 13.3. The summed E-state index contributed by atoms with van der Waals surface area (Å²) in [7, 11) is 0. The fraction of sp³-hybridized carbons (Fsp3) is 0.941. The number of hydrogen-bond donors (Lipinski definition) is 0. The Morgan fingerprint density at radius 3 is 2.50 bits per heavy atom. The minimum atomic E-state index is -0.346. The maximum atomic E-state index is 12.8. The van der Waals surface area contributed by atoms with Crippen molar-refractivity contribution in [3.63, 3.8) is 0 Å². The molecular formula is C17H30O3. The summed E-state index contributed by atoms with van der Waals surface area (Å²) in [5, 5.41) is 0. The number of esters is 1. The predicted octanol–water partition coefficient (Wildman–Crippen LogP) is 3.95. The molecule has 0 aromatic rings. The molecule has 3 heteroatoms. The van der Waals surface area contributed by atoms with Crippen molar-refractivity contribution >= 4 is 5.97 Å². The second-order valence-corrected chi connectivity index (χ2v) is 6.85. The third-order valence-corrected chi connectivity index (χ3v) is 5.01. The van der Waals surface area contributed by atoms with Gasteiger partial charge in [0.2, 0.25) is 0 Å². The standard InChI is InChI=1S/C17H30O3/c1-4-19-15-10-7-11-17(15,14-8-5-6-9-14)16(18)20-12-13(2)3/h13-15H,4-12H2,1-3H3. The van der Waals surface area contributed by atoms with Crippen LogP contribution in [0.3, 0.4) is 0 Å². The van der Waals surface area contributed by atoms with Crippen LogP contribution in [0.1, 0.15) is 65.7 Å². The van der Waals surface area contributed by atoms with E-state index in [2.05, 4.69) is 13.8 Å². The van der Waals surface area contributed by atoms with Crippen LogP contribution in [0.25, 0.3) is 0 Å². The van der Waals surface area contributed by atoms with Crippen LogP contribution >= 0.6 is 0 Å². The Morgan fingerprint density at radius 1 is 1.20 bits per heavy atom. The van der Waals surface area contributed by atoms with E-state index in [0.717, 1.165) is 19.3 Å². The normalized spacial score (nSPS) is 31.1. The zero-order valence-electron chi connectivity index (χ0n) is 13.3. The molecule has 3 nitrogen and oxygen atoms in total. The molecule has 0 heterocycles. The molecule has 0 aromatic carbocycles. The minimum Gasteiger partial charge on any atom is -0.465 e. The number of carbonyl (C=O) groups is 1. The molecule has 0 radical (unpaired) electrons. The molecule has 2 atom stereocenters. The molecule has 2 unspecified atom stereocenters. The van der Waals surface area contributed by atoms with Crippen molar-refractivity contribution in [3.05, 3.63) is 0 Å². The van der Waals surface area contributed by atoms with Crippen LogP contribution in [0, 0.1) is 17.3 Å². The summed E-state index contributed by atoms with van der Waals surface area (Å²) in [6, 6.07) is 0. The van der Waals surface area contributed by atoms with E-state index in [1.807, 2.05) is 6.92 Å². The molecule has 20 heavy (non-hydrogen) atoms. The van der Waals surface area contributed by atoms with Crippen molar-refractivity contribution in [1.29, 1.82) is 0 Å². The van der Waals surface area contributed by atoms with Gasteiger partial charge in [-0.3, -0.25) is 4.79 Å². The van der Waals surface area contributed by atoms with Crippen molar-refractivity contribution < 1.29 is 14.3 Å². The molecule has 0 aliphatic heterocycles. The average molecular weight is 282 g/mol. The summed E-state index contributed by atoms with van der Waals surface area (Å²) in [6.45, 7) is 7.42. The molecule has 0 N–H and O–H groups in total. The molecule has 2 rings (SSSR count). The SMILES string of the molecule is CCOC1CCCC1(C(=O)OCC(C)C)C1CCCC1. The fourth-order valence-electron chi connectivity index (χ4n) is 4.12. The van der Waals surface area contributed by atoms with Gasteiger partial charge < -0.3 is 9.47 Å². The van der Waals surface area contributed by atoms with E-state index in [9.17, 15) is 4.79 Å². The van der Waals surface area contributed by atoms with Crippen LogP contribution in [0.15, 0.2) is 0 Å². The summed E-state index contributed by atoms with van der Waals surface area (Å²) >= 11 is 0. The van der Waals surface area contributed by atoms with Crippen molar-refractivity contribution in [2.24, 2.45) is 17.3 Å². The molecular weight excluding hydrogens is 252 g/mol. The zero-order chi connectivity index (χ0) is 14.6. The van der Waals surface area contributed by atoms with Gasteiger partial charge in [-0.1, -0.05) is 26.7 Å². The van der Waals surface area contributed by atoms with Gasteiger partial charge in [0.1, 0.15) is 0 Å². The van der Waals surface area contributed by atoms with Gasteiger partial charge in [-0.05, 0) is 50.9 Å². The molecule has 116 valence electrons. The van der Waals surface area contributed by atoms with Crippen LogP contribution in [0.5, 0.6) is 0 Å². The van der Waals surface area contributed by atoms with E-state index < -0.39 is 0 Å². The van der Waals surface area contributed by atoms with E-state index in [4.69, 9.17) is 9.47 Å². The third-order valence-electron chi connectivity index (χ3n) is 5.01. The maximum absolute atomic E-state index is 12.8. The second-order valence-electron chi connectivity index (χ2n) is 6.85. The van der Waals surface area contributed by atoms with Crippen molar-refractivity contribution in [2.75, 3.05) is 13.2 Å². The Labute approximate surface area is 123 Å². The lowest BCUT2D eigenvalue weighted by atomic mass is 9.71. The highest BCUT2D eigenvalue weighted by atomic mass is 16.5. The Bertz CT molecular complexity index is 320. The predicted molar refractivity (Wildman–Crippen MR) is 79.5 cm³/mol. The molecule has 0 spiro atoms. The number of rotatable bonds is 6. The Kier molecular flexibility index (Phi) is 5.48. The van der Waals surface area contributed by atoms with Gasteiger partial charge in [0.25, 0.3) is 0 Å². The van der Waals surface area contributed by atoms with Crippen molar-refractivity contribution in [2.45, 2.75) is 71.8 Å². The van der Waals surface area contributed by atoms with Gasteiger partial charge in [-0.2, -0.15) is 0 Å². The van der Waals surface area contributed by atoms with Crippen molar-refractivity contribution in [1.82, 2.24) is 0 Å². The third kappa shape index (κ3) is 3.03. The molecule has 0 bridgehead atoms. The summed E-state index contributed by atoms with van der Waals surface area (Å²) in [6.07, 6.45) is 7.99. The van der Waals surface area contributed by atoms with Crippen LogP contribution in [0.4, 0.5) is 0 Å². The highest BCUT2D eigenvalue weighted by Crippen LogP contribution is 2.52. The molecule has 2 aliphatic rings. The monoisotopic (exact) mass is 282 g/mol. The molecule has 0 aromatic heterocycles. The van der Waals surface area contributed by atoms with E-state index in [1.165, 1.54) is 25.7 Å². The van der Waals surface area contributed by atoms with E-state index in [1.54, 1.807) is 0 Å². The van der Waals surface area contributed by atoms with Gasteiger partial charge in [-0.15, -0.1) is 0 Å². The minimum absolute atomic E-state index is 0.0223. The van der Waals surface area contributed by atoms with Crippen LogP contribution < -0.4 is 0 Å². The maximum Gasteiger partial charge on any atom is 0.315 e. The van der Waals surface area contributed by atoms with Gasteiger partial charge in [0, 0.05) is 6.61 Å². The first kappa shape index (κ1) is 15.8. The van der Waals surface area contributed by atoms with Crippen LogP contribution in [-0.4, -0.2) is 25.3 Å². The lowest BCUT2D eigenvalue weighted by Gasteiger charge is -2.38. The first-order valence-electron chi connectivity index (χ1n) is 8.40. The van der Waals surface area contributed by atoms with Gasteiger partial charge in [-0.25, -0.2) is 0 Å². The van der Waals surface area contributed by atoms with E-state index in [0.29, 0.717) is 25.0 Å². The Hall–Kier alpha value is -0.570. The van der Waals surface area contributed by atoms with E-state index >= 15 is 0 Å². The summed E-state index contributed by atoms with van der Waals surface area (Å²) in [5.74, 6) is 0.891. The molecule has 0 saturated heterocycles. The lowest BCUT2D eigenvalue weighted by molar-refractivity contribution is -0.171. The number of ether oxygens (including phenoxy) is 2. The molecule has 0 amide bonds. The Morgan fingerprint density at radius 2 is 1.90 bits per heavy atom. The van der Waals surface area contributed by atoms with Crippen LogP contribution in [0.2, 0.25) is 0 Å². The van der Waals surface area contributed by atoms with Gasteiger partial charge >= 0.3 is 5.97 Å². The second kappa shape index (κ2) is 6.93. The fourth-order valence-corrected chi connectivity index (χ4v) is 4.12. The molecule has 2 fully saturated rings. The summed E-state index contributed by atoms with van der Waals surface area (Å²) in [5.41, 5.74) is -0.346. The number of carbonyl (C=O) groups excluding carboxylic acids is 1. The highest BCUT2D eigenvalue weighted by molar-refractivity contribution is 5.78. The van der Waals surface area contributed by atoms with Crippen LogP contribution in [-0.2, 0) is 14.3 Å². The Balaban J connectivity index is 2.16. The largest absolute Gasteiger partial charge is 0.465 e. The molecule has 2 aliphatic carbocycles. The van der Waals surface area contributed by atoms with Crippen molar-refractivity contribution in [3.8, 4) is 0 Å². The lowest BCUT2D eigenvalue weighted by Crippen LogP contribution is -2.46. The highest BCUT2D eigenvalue weighted by Gasteiger charge is 2.56.